The number of hydrogen-bond acceptors (Lipinski definition) is 3. The number of benzene rings is 1. The molecule has 0 heterocycles. The maximum atomic E-state index is 12.2. The van der Waals surface area contributed by atoms with Gasteiger partial charge >= 0.3 is 0 Å². The van der Waals surface area contributed by atoms with E-state index in [1.165, 1.54) is 12.8 Å². The summed E-state index contributed by atoms with van der Waals surface area (Å²) in [5.41, 5.74) is 6.89. The minimum atomic E-state index is -0.561. The van der Waals surface area contributed by atoms with Crippen molar-refractivity contribution in [2.75, 3.05) is 5.75 Å². The van der Waals surface area contributed by atoms with Gasteiger partial charge in [-0.05, 0) is 24.2 Å². The molecule has 3 atom stereocenters. The van der Waals surface area contributed by atoms with Crippen LogP contribution in [0, 0.1) is 0 Å². The number of nitrogens with two attached hydrogens (primary N) is 1. The predicted octanol–water partition coefficient (Wildman–Crippen LogP) is 2.48. The maximum absolute atomic E-state index is 12.2. The summed E-state index contributed by atoms with van der Waals surface area (Å²) in [7, 11) is 0. The van der Waals surface area contributed by atoms with Gasteiger partial charge in [-0.15, -0.1) is 0 Å². The molecule has 0 aromatic heterocycles. The predicted molar refractivity (Wildman–Crippen MR) is 81.1 cm³/mol. The third-order valence-corrected chi connectivity index (χ3v) is 4.93. The Balaban J connectivity index is 1.93. The summed E-state index contributed by atoms with van der Waals surface area (Å²) in [6, 6.07) is 9.27. The van der Waals surface area contributed by atoms with Crippen LogP contribution in [0.1, 0.15) is 37.8 Å². The fourth-order valence-electron chi connectivity index (χ4n) is 2.59. The van der Waals surface area contributed by atoms with Crippen LogP contribution in [-0.4, -0.2) is 23.0 Å². The van der Waals surface area contributed by atoms with Crippen LogP contribution in [0.3, 0.4) is 0 Å². The van der Waals surface area contributed by atoms with Crippen molar-refractivity contribution in [1.82, 2.24) is 5.32 Å². The molecular formula is C15H22N2OS. The molecule has 0 spiro atoms. The highest BCUT2D eigenvalue weighted by molar-refractivity contribution is 7.99. The van der Waals surface area contributed by atoms with Gasteiger partial charge in [0.1, 0.15) is 6.04 Å². The number of carbonyl (C=O) groups excluding carboxylic acids is 1. The molecule has 1 aromatic rings. The molecule has 1 amide bonds. The Kier molecular flexibility index (Phi) is 5.28. The second-order valence-electron chi connectivity index (χ2n) is 4.93. The maximum Gasteiger partial charge on any atom is 0.241 e. The zero-order valence-electron chi connectivity index (χ0n) is 11.3. The Morgan fingerprint density at radius 1 is 1.42 bits per heavy atom. The molecule has 1 saturated carbocycles. The van der Waals surface area contributed by atoms with Crippen LogP contribution < -0.4 is 11.1 Å². The normalized spacial score (nSPS) is 24.1. The molecule has 19 heavy (non-hydrogen) atoms. The van der Waals surface area contributed by atoms with E-state index in [0.29, 0.717) is 5.25 Å². The second-order valence-corrected chi connectivity index (χ2v) is 6.44. The fraction of sp³-hybridized carbons (Fsp3) is 0.533. The van der Waals surface area contributed by atoms with Gasteiger partial charge in [0.15, 0.2) is 0 Å². The van der Waals surface area contributed by atoms with Crippen LogP contribution in [0.4, 0.5) is 0 Å². The van der Waals surface area contributed by atoms with E-state index in [9.17, 15) is 4.79 Å². The van der Waals surface area contributed by atoms with Crippen LogP contribution in [0.2, 0.25) is 0 Å². The second kappa shape index (κ2) is 6.96. The summed E-state index contributed by atoms with van der Waals surface area (Å²) in [5, 5.41) is 3.68. The number of carbonyl (C=O) groups is 1. The van der Waals surface area contributed by atoms with E-state index in [4.69, 9.17) is 5.73 Å². The molecule has 104 valence electrons. The molecule has 3 nitrogen and oxygen atoms in total. The Morgan fingerprint density at radius 2 is 2.16 bits per heavy atom. The van der Waals surface area contributed by atoms with Gasteiger partial charge in [0.25, 0.3) is 0 Å². The Morgan fingerprint density at radius 3 is 2.84 bits per heavy atom. The summed E-state index contributed by atoms with van der Waals surface area (Å²) in [6.07, 6.45) is 3.47. The summed E-state index contributed by atoms with van der Waals surface area (Å²) < 4.78 is 0. The molecule has 0 saturated heterocycles. The summed E-state index contributed by atoms with van der Waals surface area (Å²) >= 11 is 1.94. The molecule has 1 aliphatic carbocycles. The van der Waals surface area contributed by atoms with Gasteiger partial charge in [-0.25, -0.2) is 0 Å². The average molecular weight is 278 g/mol. The van der Waals surface area contributed by atoms with E-state index in [-0.39, 0.29) is 11.9 Å². The van der Waals surface area contributed by atoms with E-state index in [2.05, 4.69) is 12.2 Å². The topological polar surface area (TPSA) is 55.1 Å². The Bertz CT molecular complexity index is 410. The SMILES string of the molecule is CCSC1CCCC1NC(=O)[C@H](N)c1ccccc1. The molecule has 3 N–H and O–H groups in total. The lowest BCUT2D eigenvalue weighted by molar-refractivity contribution is -0.123. The molecule has 1 aromatic carbocycles. The minimum absolute atomic E-state index is 0.0557. The van der Waals surface area contributed by atoms with Crippen LogP contribution >= 0.6 is 11.8 Å². The first-order valence-electron chi connectivity index (χ1n) is 6.95. The number of thioether (sulfide) groups is 1. The van der Waals surface area contributed by atoms with Gasteiger partial charge in [-0.3, -0.25) is 4.79 Å². The van der Waals surface area contributed by atoms with E-state index >= 15 is 0 Å². The summed E-state index contributed by atoms with van der Waals surface area (Å²) in [6.45, 7) is 2.16. The molecule has 0 radical (unpaired) electrons. The van der Waals surface area contributed by atoms with Crippen molar-refractivity contribution in [3.63, 3.8) is 0 Å². The highest BCUT2D eigenvalue weighted by atomic mass is 32.2. The Labute approximate surface area is 119 Å². The monoisotopic (exact) mass is 278 g/mol. The van der Waals surface area contributed by atoms with E-state index in [0.717, 1.165) is 17.7 Å². The third kappa shape index (κ3) is 3.74. The lowest BCUT2D eigenvalue weighted by atomic mass is 10.1. The van der Waals surface area contributed by atoms with E-state index < -0.39 is 6.04 Å². The fourth-order valence-corrected chi connectivity index (χ4v) is 3.79. The van der Waals surface area contributed by atoms with Gasteiger partial charge in [0.2, 0.25) is 5.91 Å². The van der Waals surface area contributed by atoms with Crippen molar-refractivity contribution in [3.8, 4) is 0 Å². The Hall–Kier alpha value is -1.00. The van der Waals surface area contributed by atoms with E-state index in [1.807, 2.05) is 42.1 Å². The van der Waals surface area contributed by atoms with Crippen molar-refractivity contribution in [2.45, 2.75) is 43.5 Å². The third-order valence-electron chi connectivity index (χ3n) is 3.60. The summed E-state index contributed by atoms with van der Waals surface area (Å²) in [4.78, 5) is 12.2. The van der Waals surface area contributed by atoms with Gasteiger partial charge in [0, 0.05) is 11.3 Å². The number of amides is 1. The van der Waals surface area contributed by atoms with Crippen LogP contribution in [0.15, 0.2) is 30.3 Å². The summed E-state index contributed by atoms with van der Waals surface area (Å²) in [5.74, 6) is 1.04. The van der Waals surface area contributed by atoms with Gasteiger partial charge in [-0.2, -0.15) is 11.8 Å². The minimum Gasteiger partial charge on any atom is -0.351 e. The smallest absolute Gasteiger partial charge is 0.241 e. The number of hydrogen-bond donors (Lipinski definition) is 2. The van der Waals surface area contributed by atoms with Crippen molar-refractivity contribution < 1.29 is 4.79 Å². The quantitative estimate of drug-likeness (QED) is 0.870. The molecule has 2 rings (SSSR count). The van der Waals surface area contributed by atoms with Crippen LogP contribution in [0.25, 0.3) is 0 Å². The molecule has 4 heteroatoms. The molecular weight excluding hydrogens is 256 g/mol. The zero-order chi connectivity index (χ0) is 13.7. The van der Waals surface area contributed by atoms with Crippen molar-refractivity contribution in [1.29, 1.82) is 0 Å². The van der Waals surface area contributed by atoms with Gasteiger partial charge in [-0.1, -0.05) is 43.7 Å². The highest BCUT2D eigenvalue weighted by Gasteiger charge is 2.29. The van der Waals surface area contributed by atoms with E-state index in [1.54, 1.807) is 0 Å². The lowest BCUT2D eigenvalue weighted by Gasteiger charge is -2.22. The number of nitrogens with one attached hydrogen (secondary N) is 1. The lowest BCUT2D eigenvalue weighted by Crippen LogP contribution is -2.43. The average Bonchev–Trinajstić information content (AvgIpc) is 2.86. The van der Waals surface area contributed by atoms with Crippen molar-refractivity contribution in [3.05, 3.63) is 35.9 Å². The standard InChI is InChI=1S/C15H22N2OS/c1-2-19-13-10-6-9-12(13)17-15(18)14(16)11-7-4-3-5-8-11/h3-5,7-8,12-14H,2,6,9-10,16H2,1H3,(H,17,18)/t12?,13?,14-/m1/s1. The van der Waals surface area contributed by atoms with Crippen molar-refractivity contribution in [2.24, 2.45) is 5.73 Å². The zero-order valence-corrected chi connectivity index (χ0v) is 12.2. The van der Waals surface area contributed by atoms with Crippen LogP contribution in [-0.2, 0) is 4.79 Å². The van der Waals surface area contributed by atoms with Gasteiger partial charge < -0.3 is 11.1 Å². The molecule has 0 aliphatic heterocycles. The van der Waals surface area contributed by atoms with Crippen LogP contribution in [0.5, 0.6) is 0 Å². The molecule has 2 unspecified atom stereocenters. The molecule has 1 aliphatic rings. The molecule has 0 bridgehead atoms. The largest absolute Gasteiger partial charge is 0.351 e. The molecule has 1 fully saturated rings. The van der Waals surface area contributed by atoms with Crippen molar-refractivity contribution >= 4 is 17.7 Å². The first-order valence-corrected chi connectivity index (χ1v) is 7.99. The highest BCUT2D eigenvalue weighted by Crippen LogP contribution is 2.30. The first-order chi connectivity index (χ1) is 9.22. The van der Waals surface area contributed by atoms with Gasteiger partial charge in [0.05, 0.1) is 0 Å². The number of rotatable bonds is 5. The first kappa shape index (κ1) is 14.4.